The number of rotatable bonds is 5. The van der Waals surface area contributed by atoms with Crippen LogP contribution in [0.1, 0.15) is 29.8 Å². The number of carbonyl (C=O) groups is 1. The Balaban J connectivity index is 2.38. The van der Waals surface area contributed by atoms with Crippen LogP contribution in [-0.2, 0) is 17.5 Å². The van der Waals surface area contributed by atoms with Gasteiger partial charge in [-0.25, -0.2) is 35.1 Å². The molecule has 0 aliphatic heterocycles. The third-order valence-corrected chi connectivity index (χ3v) is 3.38. The maximum atomic E-state index is 13.7. The van der Waals surface area contributed by atoms with E-state index in [2.05, 4.69) is 5.10 Å². The molecule has 1 amide bonds. The zero-order chi connectivity index (χ0) is 22.3. The van der Waals surface area contributed by atoms with Crippen molar-refractivity contribution in [2.75, 3.05) is 5.32 Å². The molecule has 29 heavy (non-hydrogen) atoms. The van der Waals surface area contributed by atoms with Crippen LogP contribution in [0.3, 0.4) is 0 Å². The van der Waals surface area contributed by atoms with Crippen molar-refractivity contribution < 1.29 is 53.1 Å². The summed E-state index contributed by atoms with van der Waals surface area (Å²) in [6.45, 7) is -1.38. The van der Waals surface area contributed by atoms with Gasteiger partial charge in [-0.15, -0.1) is 0 Å². The number of halogens is 11. The number of hydrogen-bond donors (Lipinski definition) is 1. The second-order valence-corrected chi connectivity index (χ2v) is 5.30. The Hall–Kier alpha value is -2.87. The first-order chi connectivity index (χ1) is 13.3. The molecule has 0 unspecified atom stereocenters. The SMILES string of the molecule is O=C(Cn1nc(C(F)F)cc1C(F)F)Nc1c(F)c(F)c(C(F)(F)F)c(F)c1F. The summed E-state index contributed by atoms with van der Waals surface area (Å²) in [5, 5.41) is 4.14. The summed E-state index contributed by atoms with van der Waals surface area (Å²) in [6, 6.07) is 0.237. The first-order valence-corrected chi connectivity index (χ1v) is 7.12. The van der Waals surface area contributed by atoms with Gasteiger partial charge in [0.25, 0.3) is 12.9 Å². The predicted molar refractivity (Wildman–Crippen MR) is 72.0 cm³/mol. The number of nitrogens with one attached hydrogen (secondary N) is 1. The van der Waals surface area contributed by atoms with E-state index in [0.717, 1.165) is 5.32 Å². The van der Waals surface area contributed by atoms with Gasteiger partial charge in [0.15, 0.2) is 23.3 Å². The average molecular weight is 441 g/mol. The molecule has 1 heterocycles. The van der Waals surface area contributed by atoms with E-state index in [1.54, 1.807) is 0 Å². The lowest BCUT2D eigenvalue weighted by Gasteiger charge is -2.15. The molecule has 2 rings (SSSR count). The van der Waals surface area contributed by atoms with Crippen molar-refractivity contribution >= 4 is 11.6 Å². The van der Waals surface area contributed by atoms with E-state index in [1.165, 1.54) is 0 Å². The normalized spacial score (nSPS) is 12.2. The van der Waals surface area contributed by atoms with Crippen molar-refractivity contribution in [3.8, 4) is 0 Å². The number of carbonyl (C=O) groups excluding carboxylic acids is 1. The van der Waals surface area contributed by atoms with E-state index in [-0.39, 0.29) is 10.7 Å². The number of benzene rings is 1. The Kier molecular flexibility index (Phi) is 6.08. The average Bonchev–Trinajstić information content (AvgIpc) is 3.00. The molecule has 0 atom stereocenters. The van der Waals surface area contributed by atoms with E-state index in [1.807, 2.05) is 0 Å². The van der Waals surface area contributed by atoms with Crippen LogP contribution >= 0.6 is 0 Å². The van der Waals surface area contributed by atoms with Gasteiger partial charge in [0.05, 0.1) is 0 Å². The third-order valence-electron chi connectivity index (χ3n) is 3.38. The zero-order valence-electron chi connectivity index (χ0n) is 13.4. The van der Waals surface area contributed by atoms with Crippen LogP contribution in [0.2, 0.25) is 0 Å². The number of nitrogens with zero attached hydrogens (tertiary/aromatic N) is 2. The van der Waals surface area contributed by atoms with E-state index >= 15 is 0 Å². The molecule has 4 nitrogen and oxygen atoms in total. The van der Waals surface area contributed by atoms with Crippen LogP contribution in [0.25, 0.3) is 0 Å². The minimum atomic E-state index is -5.81. The fraction of sp³-hybridized carbons (Fsp3) is 0.286. The van der Waals surface area contributed by atoms with Crippen LogP contribution < -0.4 is 5.32 Å². The number of anilines is 1. The van der Waals surface area contributed by atoms with Crippen molar-refractivity contribution in [1.29, 1.82) is 0 Å². The minimum absolute atomic E-state index is 0.0219. The van der Waals surface area contributed by atoms with E-state index in [9.17, 15) is 53.1 Å². The van der Waals surface area contributed by atoms with Gasteiger partial charge in [0, 0.05) is 0 Å². The molecule has 0 saturated heterocycles. The van der Waals surface area contributed by atoms with Crippen LogP contribution in [0.15, 0.2) is 6.07 Å². The maximum absolute atomic E-state index is 13.7. The van der Waals surface area contributed by atoms with Crippen LogP contribution in [0.4, 0.5) is 54.0 Å². The minimum Gasteiger partial charge on any atom is -0.319 e. The summed E-state index contributed by atoms with van der Waals surface area (Å²) in [5.41, 5.74) is -7.23. The molecule has 0 saturated carbocycles. The Morgan fingerprint density at radius 3 is 1.90 bits per heavy atom. The quantitative estimate of drug-likeness (QED) is 0.526. The molecule has 0 aliphatic rings. The summed E-state index contributed by atoms with van der Waals surface area (Å²) in [4.78, 5) is 11.7. The summed E-state index contributed by atoms with van der Waals surface area (Å²) in [5.74, 6) is -12.7. The van der Waals surface area contributed by atoms with Crippen molar-refractivity contribution in [3.05, 3.63) is 46.3 Å². The monoisotopic (exact) mass is 441 g/mol. The summed E-state index contributed by atoms with van der Waals surface area (Å²) in [6.07, 6.45) is -12.5. The van der Waals surface area contributed by atoms with Crippen molar-refractivity contribution in [2.24, 2.45) is 0 Å². The van der Waals surface area contributed by atoms with Crippen molar-refractivity contribution in [3.63, 3.8) is 0 Å². The second-order valence-electron chi connectivity index (χ2n) is 5.30. The second kappa shape index (κ2) is 7.87. The van der Waals surface area contributed by atoms with Gasteiger partial charge in [-0.1, -0.05) is 0 Å². The molecule has 1 N–H and O–H groups in total. The highest BCUT2D eigenvalue weighted by Gasteiger charge is 2.42. The number of hydrogen-bond acceptors (Lipinski definition) is 2. The predicted octanol–water partition coefficient (Wildman–Crippen LogP) is 4.97. The molecular weight excluding hydrogens is 435 g/mol. The van der Waals surface area contributed by atoms with Gasteiger partial charge in [-0.05, 0) is 6.07 Å². The topological polar surface area (TPSA) is 46.9 Å². The summed E-state index contributed by atoms with van der Waals surface area (Å²) < 4.78 is 143. The highest BCUT2D eigenvalue weighted by Crippen LogP contribution is 2.38. The van der Waals surface area contributed by atoms with E-state index in [0.29, 0.717) is 0 Å². The zero-order valence-corrected chi connectivity index (χ0v) is 13.4. The Morgan fingerprint density at radius 2 is 1.48 bits per heavy atom. The molecule has 160 valence electrons. The lowest BCUT2D eigenvalue weighted by molar-refractivity contribution is -0.143. The number of alkyl halides is 7. The maximum Gasteiger partial charge on any atom is 0.422 e. The number of amides is 1. The lowest BCUT2D eigenvalue weighted by Crippen LogP contribution is -2.24. The Bertz CT molecular complexity index is 907. The van der Waals surface area contributed by atoms with Crippen molar-refractivity contribution in [1.82, 2.24) is 9.78 Å². The molecule has 1 aromatic carbocycles. The lowest BCUT2D eigenvalue weighted by atomic mass is 10.1. The first kappa shape index (κ1) is 22.4. The molecule has 0 radical (unpaired) electrons. The largest absolute Gasteiger partial charge is 0.422 e. The third kappa shape index (κ3) is 4.42. The van der Waals surface area contributed by atoms with E-state index in [4.69, 9.17) is 0 Å². The Labute approximate surface area is 152 Å². The summed E-state index contributed by atoms with van der Waals surface area (Å²) in [7, 11) is 0. The fourth-order valence-electron chi connectivity index (χ4n) is 2.17. The van der Waals surface area contributed by atoms with Crippen molar-refractivity contribution in [2.45, 2.75) is 25.6 Å². The van der Waals surface area contributed by atoms with Gasteiger partial charge in [-0.2, -0.15) is 18.3 Å². The fourth-order valence-corrected chi connectivity index (χ4v) is 2.17. The van der Waals surface area contributed by atoms with Gasteiger partial charge in [-0.3, -0.25) is 9.48 Å². The van der Waals surface area contributed by atoms with Gasteiger partial charge >= 0.3 is 6.18 Å². The van der Waals surface area contributed by atoms with Gasteiger partial charge < -0.3 is 5.32 Å². The van der Waals surface area contributed by atoms with Gasteiger partial charge in [0.1, 0.15) is 29.2 Å². The molecule has 2 aromatic rings. The first-order valence-electron chi connectivity index (χ1n) is 7.12. The molecule has 0 spiro atoms. The molecule has 0 aliphatic carbocycles. The van der Waals surface area contributed by atoms with E-state index < -0.39 is 77.4 Å². The molecule has 15 heteroatoms. The van der Waals surface area contributed by atoms with Gasteiger partial charge in [0.2, 0.25) is 5.91 Å². The molecule has 1 aromatic heterocycles. The smallest absolute Gasteiger partial charge is 0.319 e. The Morgan fingerprint density at radius 1 is 0.966 bits per heavy atom. The van der Waals surface area contributed by atoms with Crippen LogP contribution in [-0.4, -0.2) is 15.7 Å². The standard InChI is InChI=1S/C14H6F11N3O/c15-7-6(14(23,24)25)8(16)10(18)11(9(7)17)26-5(29)2-28-4(13(21)22)1-3(27-28)12(19)20/h1,12-13H,2H2,(H,26,29). The molecule has 0 fully saturated rings. The molecular formula is C14H6F11N3O. The van der Waals surface area contributed by atoms with Crippen LogP contribution in [0.5, 0.6) is 0 Å². The highest BCUT2D eigenvalue weighted by atomic mass is 19.4. The summed E-state index contributed by atoms with van der Waals surface area (Å²) >= 11 is 0. The highest BCUT2D eigenvalue weighted by molar-refractivity contribution is 5.91. The van der Waals surface area contributed by atoms with Crippen LogP contribution in [0, 0.1) is 23.3 Å². The number of aromatic nitrogens is 2. The molecule has 0 bridgehead atoms.